The van der Waals surface area contributed by atoms with E-state index in [-0.39, 0.29) is 28.8 Å². The molecule has 13 heteroatoms. The largest absolute Gasteiger partial charge is 0.487 e. The van der Waals surface area contributed by atoms with Crippen molar-refractivity contribution in [3.05, 3.63) is 114 Å². The van der Waals surface area contributed by atoms with Crippen molar-refractivity contribution in [1.82, 2.24) is 14.8 Å². The molecule has 3 aromatic carbocycles. The van der Waals surface area contributed by atoms with Crippen LogP contribution in [-0.4, -0.2) is 31.2 Å². The van der Waals surface area contributed by atoms with Gasteiger partial charge in [0.1, 0.15) is 23.4 Å². The number of rotatable bonds is 10. The predicted molar refractivity (Wildman–Crippen MR) is 140 cm³/mol. The van der Waals surface area contributed by atoms with E-state index in [1.807, 2.05) is 12.1 Å². The molecule has 0 N–H and O–H groups in total. The van der Waals surface area contributed by atoms with Crippen LogP contribution in [0.15, 0.2) is 71.9 Å². The zero-order valence-corrected chi connectivity index (χ0v) is 21.6. The van der Waals surface area contributed by atoms with E-state index in [9.17, 15) is 20.2 Å². The SMILES string of the molecule is Cc1nnc(S[C@@H](C[N+](=O)[O-])c2ccc(OCc3ccc([N+](=O)[O-])cc3)c(Cl)c2)n1-c1ccc(Cl)cc1. The van der Waals surface area contributed by atoms with Crippen LogP contribution in [0, 0.1) is 27.2 Å². The number of nitro groups is 2. The average Bonchev–Trinajstić information content (AvgIpc) is 3.23. The lowest BCUT2D eigenvalue weighted by molar-refractivity contribution is -0.479. The Morgan fingerprint density at radius 3 is 2.32 bits per heavy atom. The van der Waals surface area contributed by atoms with Crippen molar-refractivity contribution in [2.75, 3.05) is 6.54 Å². The molecule has 1 atom stereocenters. The molecule has 0 aliphatic rings. The first-order valence-electron chi connectivity index (χ1n) is 10.8. The zero-order valence-electron chi connectivity index (χ0n) is 19.3. The van der Waals surface area contributed by atoms with Crippen LogP contribution in [-0.2, 0) is 6.61 Å². The first kappa shape index (κ1) is 26.4. The molecule has 1 heterocycles. The van der Waals surface area contributed by atoms with Gasteiger partial charge in [0.25, 0.3) is 5.69 Å². The van der Waals surface area contributed by atoms with Crippen molar-refractivity contribution in [1.29, 1.82) is 0 Å². The topological polar surface area (TPSA) is 126 Å². The quantitative estimate of drug-likeness (QED) is 0.123. The maximum absolute atomic E-state index is 11.5. The van der Waals surface area contributed by atoms with Crippen molar-refractivity contribution in [2.45, 2.75) is 23.9 Å². The summed E-state index contributed by atoms with van der Waals surface area (Å²) in [6, 6.07) is 18.1. The Morgan fingerprint density at radius 1 is 1.00 bits per heavy atom. The second kappa shape index (κ2) is 11.6. The summed E-state index contributed by atoms with van der Waals surface area (Å²) in [5.41, 5.74) is 2.12. The van der Waals surface area contributed by atoms with Gasteiger partial charge in [0.05, 0.1) is 9.95 Å². The van der Waals surface area contributed by atoms with Gasteiger partial charge in [-0.15, -0.1) is 10.2 Å². The molecule has 37 heavy (non-hydrogen) atoms. The summed E-state index contributed by atoms with van der Waals surface area (Å²) in [5, 5.41) is 31.4. The number of hydrogen-bond donors (Lipinski definition) is 0. The minimum atomic E-state index is -0.606. The van der Waals surface area contributed by atoms with Crippen molar-refractivity contribution >= 4 is 40.7 Å². The van der Waals surface area contributed by atoms with Crippen LogP contribution in [0.2, 0.25) is 10.0 Å². The highest BCUT2D eigenvalue weighted by Crippen LogP contribution is 2.39. The van der Waals surface area contributed by atoms with Gasteiger partial charge < -0.3 is 4.74 Å². The van der Waals surface area contributed by atoms with Crippen LogP contribution >= 0.6 is 35.0 Å². The predicted octanol–water partition coefficient (Wildman–Crippen LogP) is 6.48. The molecule has 0 aliphatic carbocycles. The van der Waals surface area contributed by atoms with Gasteiger partial charge in [-0.3, -0.25) is 24.8 Å². The maximum Gasteiger partial charge on any atom is 0.269 e. The first-order chi connectivity index (χ1) is 17.7. The van der Waals surface area contributed by atoms with Gasteiger partial charge in [-0.2, -0.15) is 0 Å². The highest BCUT2D eigenvalue weighted by atomic mass is 35.5. The van der Waals surface area contributed by atoms with Gasteiger partial charge in [0.15, 0.2) is 5.16 Å². The van der Waals surface area contributed by atoms with Crippen LogP contribution in [0.5, 0.6) is 5.75 Å². The minimum absolute atomic E-state index is 0.0115. The second-order valence-electron chi connectivity index (χ2n) is 7.87. The van der Waals surface area contributed by atoms with Crippen molar-refractivity contribution < 1.29 is 14.6 Å². The van der Waals surface area contributed by atoms with E-state index in [4.69, 9.17) is 27.9 Å². The van der Waals surface area contributed by atoms with E-state index >= 15 is 0 Å². The molecule has 0 unspecified atom stereocenters. The molecule has 0 radical (unpaired) electrons. The zero-order chi connectivity index (χ0) is 26.5. The summed E-state index contributed by atoms with van der Waals surface area (Å²) in [6.45, 7) is 1.58. The molecule has 0 spiro atoms. The fourth-order valence-electron chi connectivity index (χ4n) is 3.49. The van der Waals surface area contributed by atoms with E-state index in [2.05, 4.69) is 10.2 Å². The smallest absolute Gasteiger partial charge is 0.269 e. The number of nitro benzene ring substituents is 1. The third-order valence-corrected chi connectivity index (χ3v) is 7.04. The summed E-state index contributed by atoms with van der Waals surface area (Å²) in [4.78, 5) is 21.4. The molecular weight excluding hydrogens is 541 g/mol. The Bertz CT molecular complexity index is 1430. The van der Waals surface area contributed by atoms with Gasteiger partial charge in [-0.05, 0) is 66.6 Å². The number of ether oxygens (including phenoxy) is 1. The molecule has 190 valence electrons. The second-order valence-corrected chi connectivity index (χ2v) is 9.88. The third kappa shape index (κ3) is 6.56. The lowest BCUT2D eigenvalue weighted by Gasteiger charge is -2.16. The third-order valence-electron chi connectivity index (χ3n) is 5.31. The number of aromatic nitrogens is 3. The molecular formula is C24H19Cl2N5O5S. The number of nitrogens with zero attached hydrogens (tertiary/aromatic N) is 5. The maximum atomic E-state index is 11.5. The molecule has 0 saturated carbocycles. The van der Waals surface area contributed by atoms with E-state index < -0.39 is 10.2 Å². The Morgan fingerprint density at radius 2 is 1.70 bits per heavy atom. The lowest BCUT2D eigenvalue weighted by Crippen LogP contribution is -2.11. The van der Waals surface area contributed by atoms with Crippen LogP contribution in [0.4, 0.5) is 5.69 Å². The Kier molecular flexibility index (Phi) is 8.27. The molecule has 4 aromatic rings. The van der Waals surface area contributed by atoms with Crippen LogP contribution in [0.25, 0.3) is 5.69 Å². The molecule has 0 saturated heterocycles. The Balaban J connectivity index is 1.54. The van der Waals surface area contributed by atoms with Crippen molar-refractivity contribution in [2.24, 2.45) is 0 Å². The standard InChI is InChI=1S/C24H19Cl2N5O5S/c1-15-27-28-24(30(15)19-9-5-18(25)6-10-19)37-23(13-29(32)33)17-4-11-22(21(26)12-17)36-14-16-2-7-20(8-3-16)31(34)35/h2-12,23H,13-14H2,1H3/t23-/m0/s1. The van der Waals surface area contributed by atoms with Crippen molar-refractivity contribution in [3.63, 3.8) is 0 Å². The average molecular weight is 560 g/mol. The monoisotopic (exact) mass is 559 g/mol. The van der Waals surface area contributed by atoms with E-state index in [0.717, 1.165) is 11.3 Å². The fraction of sp³-hybridized carbons (Fsp3) is 0.167. The number of thioether (sulfide) groups is 1. The van der Waals surface area contributed by atoms with Gasteiger partial charge in [0.2, 0.25) is 6.54 Å². The first-order valence-corrected chi connectivity index (χ1v) is 12.5. The summed E-state index contributed by atoms with van der Waals surface area (Å²) in [7, 11) is 0. The highest BCUT2D eigenvalue weighted by molar-refractivity contribution is 7.99. The van der Waals surface area contributed by atoms with Gasteiger partial charge in [0, 0.05) is 27.8 Å². The number of aryl methyl sites for hydroxylation is 1. The molecule has 0 fully saturated rings. The Hall–Kier alpha value is -3.67. The molecule has 4 rings (SSSR count). The van der Waals surface area contributed by atoms with E-state index in [0.29, 0.717) is 27.3 Å². The van der Waals surface area contributed by atoms with Gasteiger partial charge in [-0.1, -0.05) is 41.0 Å². The molecule has 0 aliphatic heterocycles. The van der Waals surface area contributed by atoms with Crippen molar-refractivity contribution in [3.8, 4) is 11.4 Å². The van der Waals surface area contributed by atoms with Gasteiger partial charge >= 0.3 is 0 Å². The summed E-state index contributed by atoms with van der Waals surface area (Å²) >= 11 is 13.7. The summed E-state index contributed by atoms with van der Waals surface area (Å²) in [5.74, 6) is 1.01. The van der Waals surface area contributed by atoms with Crippen LogP contribution < -0.4 is 4.74 Å². The summed E-state index contributed by atoms with van der Waals surface area (Å²) < 4.78 is 7.57. The van der Waals surface area contributed by atoms with E-state index in [1.54, 1.807) is 54.0 Å². The normalized spacial score (nSPS) is 11.8. The van der Waals surface area contributed by atoms with Crippen LogP contribution in [0.1, 0.15) is 22.2 Å². The summed E-state index contributed by atoms with van der Waals surface area (Å²) in [6.07, 6.45) is 0. The molecule has 0 bridgehead atoms. The Labute approximate surface area is 225 Å². The number of hydrogen-bond acceptors (Lipinski definition) is 8. The lowest BCUT2D eigenvalue weighted by atomic mass is 10.1. The van der Waals surface area contributed by atoms with Gasteiger partial charge in [-0.25, -0.2) is 0 Å². The highest BCUT2D eigenvalue weighted by Gasteiger charge is 2.24. The van der Waals surface area contributed by atoms with Crippen LogP contribution in [0.3, 0.4) is 0 Å². The van der Waals surface area contributed by atoms with E-state index in [1.165, 1.54) is 23.9 Å². The number of halogens is 2. The minimum Gasteiger partial charge on any atom is -0.487 e. The number of benzene rings is 3. The molecule has 0 amide bonds. The molecule has 10 nitrogen and oxygen atoms in total. The number of non-ortho nitro benzene ring substituents is 1. The fourth-order valence-corrected chi connectivity index (χ4v) is 5.02. The molecule has 1 aromatic heterocycles.